The number of carboxylic acids is 1. The van der Waals surface area contributed by atoms with E-state index >= 15 is 0 Å². The molecule has 0 aliphatic heterocycles. The molecule has 1 aromatic carbocycles. The number of benzene rings is 1. The summed E-state index contributed by atoms with van der Waals surface area (Å²) in [4.78, 5) is 11.2. The number of rotatable bonds is 6. The number of carbonyl (C=O) groups is 1. The molecular weight excluding hydrogens is 254 g/mol. The van der Waals surface area contributed by atoms with Gasteiger partial charge < -0.3 is 10.4 Å². The average Bonchev–Trinajstić information content (AvgIpc) is 2.27. The van der Waals surface area contributed by atoms with Crippen LogP contribution in [0.25, 0.3) is 0 Å². The zero-order valence-corrected chi connectivity index (χ0v) is 11.2. The lowest BCUT2D eigenvalue weighted by molar-refractivity contribution is -0.138. The van der Waals surface area contributed by atoms with Crippen molar-refractivity contribution >= 4 is 21.5 Å². The van der Waals surface area contributed by atoms with Crippen LogP contribution in [0, 0.1) is 0 Å². The minimum Gasteiger partial charge on any atom is -0.480 e. The van der Waals surface area contributed by atoms with Crippen LogP contribution in [-0.2, 0) is 14.6 Å². The number of hydrogen-bond acceptors (Lipinski definition) is 4. The Morgan fingerprint density at radius 3 is 2.50 bits per heavy atom. The quantitative estimate of drug-likeness (QED) is 0.823. The van der Waals surface area contributed by atoms with Crippen LogP contribution in [0.2, 0.25) is 0 Å². The van der Waals surface area contributed by atoms with Gasteiger partial charge in [0.05, 0.1) is 10.6 Å². The standard InChI is InChI=1S/C12H17NO4S/c1-3-6-10(12(14)15)13-9-7-4-5-8-11(9)18(2,16)17/h4-5,7-8,10,13H,3,6H2,1-2H3,(H,14,15). The first kappa shape index (κ1) is 14.5. The Bertz CT molecular complexity index is 525. The second-order valence-electron chi connectivity index (χ2n) is 4.09. The van der Waals surface area contributed by atoms with E-state index in [4.69, 9.17) is 5.11 Å². The Kier molecular flexibility index (Phi) is 4.72. The molecule has 0 bridgehead atoms. The second-order valence-corrected chi connectivity index (χ2v) is 6.08. The van der Waals surface area contributed by atoms with E-state index in [1.165, 1.54) is 6.07 Å². The van der Waals surface area contributed by atoms with Crippen molar-refractivity contribution in [1.29, 1.82) is 0 Å². The fraction of sp³-hybridized carbons (Fsp3) is 0.417. The highest BCUT2D eigenvalue weighted by atomic mass is 32.2. The van der Waals surface area contributed by atoms with Crippen molar-refractivity contribution in [3.8, 4) is 0 Å². The molecule has 0 saturated carbocycles. The SMILES string of the molecule is CCCC(Nc1ccccc1S(C)(=O)=O)C(=O)O. The molecule has 1 rings (SSSR count). The van der Waals surface area contributed by atoms with Gasteiger partial charge in [0.25, 0.3) is 0 Å². The minimum atomic E-state index is -3.38. The van der Waals surface area contributed by atoms with Gasteiger partial charge in [0, 0.05) is 6.26 Å². The van der Waals surface area contributed by atoms with Gasteiger partial charge in [-0.3, -0.25) is 0 Å². The number of anilines is 1. The summed E-state index contributed by atoms with van der Waals surface area (Å²) < 4.78 is 23.2. The van der Waals surface area contributed by atoms with Gasteiger partial charge in [-0.15, -0.1) is 0 Å². The molecule has 0 aliphatic rings. The van der Waals surface area contributed by atoms with Crippen LogP contribution in [0.15, 0.2) is 29.2 Å². The largest absolute Gasteiger partial charge is 0.480 e. The Labute approximate surface area is 107 Å². The van der Waals surface area contributed by atoms with Gasteiger partial charge in [-0.25, -0.2) is 13.2 Å². The highest BCUT2D eigenvalue weighted by Crippen LogP contribution is 2.22. The summed E-state index contributed by atoms with van der Waals surface area (Å²) in [6.07, 6.45) is 2.24. The summed E-state index contributed by atoms with van der Waals surface area (Å²) in [5.41, 5.74) is 0.334. The molecule has 100 valence electrons. The van der Waals surface area contributed by atoms with Gasteiger partial charge >= 0.3 is 5.97 Å². The van der Waals surface area contributed by atoms with Crippen LogP contribution in [0.1, 0.15) is 19.8 Å². The fourth-order valence-electron chi connectivity index (χ4n) is 1.64. The van der Waals surface area contributed by atoms with E-state index in [2.05, 4.69) is 5.32 Å². The molecule has 6 heteroatoms. The normalized spacial score (nSPS) is 13.0. The Morgan fingerprint density at radius 2 is 2.00 bits per heavy atom. The van der Waals surface area contributed by atoms with Gasteiger partial charge in [0.2, 0.25) is 0 Å². The molecule has 5 nitrogen and oxygen atoms in total. The van der Waals surface area contributed by atoms with E-state index in [9.17, 15) is 13.2 Å². The van der Waals surface area contributed by atoms with Crippen LogP contribution in [0.5, 0.6) is 0 Å². The van der Waals surface area contributed by atoms with Crippen LogP contribution < -0.4 is 5.32 Å². The third-order valence-corrected chi connectivity index (χ3v) is 3.65. The van der Waals surface area contributed by atoms with E-state index in [0.717, 1.165) is 6.26 Å². The summed E-state index contributed by atoms with van der Waals surface area (Å²) in [6.45, 7) is 1.88. The molecule has 2 N–H and O–H groups in total. The van der Waals surface area contributed by atoms with Crippen molar-refractivity contribution in [3.63, 3.8) is 0 Å². The van der Waals surface area contributed by atoms with E-state index < -0.39 is 21.8 Å². The van der Waals surface area contributed by atoms with Crippen LogP contribution in [0.4, 0.5) is 5.69 Å². The molecule has 1 aromatic rings. The van der Waals surface area contributed by atoms with Gasteiger partial charge in [0.15, 0.2) is 9.84 Å². The molecule has 0 aromatic heterocycles. The van der Waals surface area contributed by atoms with Crippen molar-refractivity contribution in [2.75, 3.05) is 11.6 Å². The molecule has 18 heavy (non-hydrogen) atoms. The molecule has 1 unspecified atom stereocenters. The van der Waals surface area contributed by atoms with Crippen molar-refractivity contribution in [2.45, 2.75) is 30.7 Å². The van der Waals surface area contributed by atoms with E-state index in [-0.39, 0.29) is 4.90 Å². The van der Waals surface area contributed by atoms with Gasteiger partial charge in [0.1, 0.15) is 6.04 Å². The zero-order valence-electron chi connectivity index (χ0n) is 10.4. The maximum absolute atomic E-state index is 11.6. The molecule has 0 fully saturated rings. The molecule has 0 heterocycles. The third kappa shape index (κ3) is 3.73. The van der Waals surface area contributed by atoms with E-state index in [1.807, 2.05) is 6.92 Å². The van der Waals surface area contributed by atoms with Gasteiger partial charge in [-0.2, -0.15) is 0 Å². The first-order valence-corrected chi connectivity index (χ1v) is 7.53. The molecule has 1 atom stereocenters. The van der Waals surface area contributed by atoms with E-state index in [1.54, 1.807) is 18.2 Å². The molecule has 0 aliphatic carbocycles. The number of aliphatic carboxylic acids is 1. The number of para-hydroxylation sites is 1. The zero-order chi connectivity index (χ0) is 13.8. The summed E-state index contributed by atoms with van der Waals surface area (Å²) in [6, 6.07) is 5.53. The smallest absolute Gasteiger partial charge is 0.326 e. The molecule has 0 radical (unpaired) electrons. The molecule has 0 saturated heterocycles. The summed E-state index contributed by atoms with van der Waals surface area (Å²) in [5.74, 6) is -0.986. The van der Waals surface area contributed by atoms with Gasteiger partial charge in [-0.05, 0) is 18.6 Å². The fourth-order valence-corrected chi connectivity index (χ4v) is 2.50. The first-order valence-electron chi connectivity index (χ1n) is 5.64. The van der Waals surface area contributed by atoms with Crippen LogP contribution in [0.3, 0.4) is 0 Å². The van der Waals surface area contributed by atoms with Crippen molar-refractivity contribution in [3.05, 3.63) is 24.3 Å². The number of sulfone groups is 1. The minimum absolute atomic E-state index is 0.118. The summed E-state index contributed by atoms with van der Waals surface area (Å²) in [5, 5.41) is 11.8. The van der Waals surface area contributed by atoms with Crippen LogP contribution in [-0.4, -0.2) is 31.8 Å². The highest BCUT2D eigenvalue weighted by Gasteiger charge is 2.19. The summed E-state index contributed by atoms with van der Waals surface area (Å²) in [7, 11) is -3.38. The molecule has 0 amide bonds. The Hall–Kier alpha value is -1.56. The summed E-state index contributed by atoms with van der Waals surface area (Å²) >= 11 is 0. The lowest BCUT2D eigenvalue weighted by Crippen LogP contribution is -2.29. The average molecular weight is 271 g/mol. The predicted octanol–water partition coefficient (Wildman–Crippen LogP) is 1.76. The van der Waals surface area contributed by atoms with Gasteiger partial charge in [-0.1, -0.05) is 25.5 Å². The number of nitrogens with one attached hydrogen (secondary N) is 1. The first-order chi connectivity index (χ1) is 8.36. The third-order valence-electron chi connectivity index (χ3n) is 2.49. The maximum atomic E-state index is 11.6. The van der Waals surface area contributed by atoms with Crippen molar-refractivity contribution in [2.24, 2.45) is 0 Å². The Balaban J connectivity index is 3.07. The Morgan fingerprint density at radius 1 is 1.39 bits per heavy atom. The predicted molar refractivity (Wildman–Crippen MR) is 69.5 cm³/mol. The van der Waals surface area contributed by atoms with Crippen molar-refractivity contribution in [1.82, 2.24) is 0 Å². The van der Waals surface area contributed by atoms with Crippen molar-refractivity contribution < 1.29 is 18.3 Å². The number of hydrogen-bond donors (Lipinski definition) is 2. The molecular formula is C12H17NO4S. The maximum Gasteiger partial charge on any atom is 0.326 e. The monoisotopic (exact) mass is 271 g/mol. The van der Waals surface area contributed by atoms with Crippen LogP contribution >= 0.6 is 0 Å². The number of carboxylic acid groups (broad SMARTS) is 1. The topological polar surface area (TPSA) is 83.5 Å². The van der Waals surface area contributed by atoms with E-state index in [0.29, 0.717) is 18.5 Å². The lowest BCUT2D eigenvalue weighted by Gasteiger charge is -2.17. The molecule has 0 spiro atoms. The highest BCUT2D eigenvalue weighted by molar-refractivity contribution is 7.90. The lowest BCUT2D eigenvalue weighted by atomic mass is 10.1. The second kappa shape index (κ2) is 5.86.